The SMILES string of the molecule is CCOCCN(CC)Cc1ccc(OC)c(C#CCO)c1. The molecule has 0 fully saturated rings. The number of hydrogen-bond donors (Lipinski definition) is 1. The van der Waals surface area contributed by atoms with Crippen molar-refractivity contribution in [2.75, 3.05) is 40.0 Å². The van der Waals surface area contributed by atoms with Crippen molar-refractivity contribution in [2.45, 2.75) is 20.4 Å². The molecule has 0 aromatic heterocycles. The number of methoxy groups -OCH3 is 1. The van der Waals surface area contributed by atoms with Crippen LogP contribution in [0.4, 0.5) is 0 Å². The molecule has 4 nitrogen and oxygen atoms in total. The van der Waals surface area contributed by atoms with Crippen molar-refractivity contribution in [2.24, 2.45) is 0 Å². The highest BCUT2D eigenvalue weighted by molar-refractivity contribution is 5.48. The van der Waals surface area contributed by atoms with Crippen molar-refractivity contribution in [3.8, 4) is 17.6 Å². The van der Waals surface area contributed by atoms with Crippen molar-refractivity contribution in [1.29, 1.82) is 0 Å². The van der Waals surface area contributed by atoms with Crippen LogP contribution in [0.15, 0.2) is 18.2 Å². The smallest absolute Gasteiger partial charge is 0.134 e. The largest absolute Gasteiger partial charge is 0.495 e. The van der Waals surface area contributed by atoms with Gasteiger partial charge in [-0.05, 0) is 31.2 Å². The predicted molar refractivity (Wildman–Crippen MR) is 84.4 cm³/mol. The Labute approximate surface area is 127 Å². The van der Waals surface area contributed by atoms with Crippen molar-refractivity contribution >= 4 is 0 Å². The summed E-state index contributed by atoms with van der Waals surface area (Å²) in [7, 11) is 1.62. The Morgan fingerprint density at radius 2 is 2.10 bits per heavy atom. The molecule has 0 amide bonds. The maximum absolute atomic E-state index is 8.83. The molecule has 0 aliphatic carbocycles. The van der Waals surface area contributed by atoms with E-state index in [9.17, 15) is 0 Å². The fraction of sp³-hybridized carbons (Fsp3) is 0.529. The van der Waals surface area contributed by atoms with Gasteiger partial charge in [0.05, 0.1) is 19.3 Å². The maximum atomic E-state index is 8.83. The van der Waals surface area contributed by atoms with Gasteiger partial charge in [-0.3, -0.25) is 4.90 Å². The van der Waals surface area contributed by atoms with Crippen LogP contribution in [0.1, 0.15) is 25.0 Å². The lowest BCUT2D eigenvalue weighted by molar-refractivity contribution is 0.113. The van der Waals surface area contributed by atoms with Gasteiger partial charge >= 0.3 is 0 Å². The predicted octanol–water partition coefficient (Wildman–Crippen LogP) is 1.90. The van der Waals surface area contributed by atoms with Gasteiger partial charge in [0.15, 0.2) is 0 Å². The Morgan fingerprint density at radius 3 is 2.71 bits per heavy atom. The first kappa shape index (κ1) is 17.5. The van der Waals surface area contributed by atoms with Crippen molar-refractivity contribution in [3.63, 3.8) is 0 Å². The number of benzene rings is 1. The van der Waals surface area contributed by atoms with Gasteiger partial charge < -0.3 is 14.6 Å². The lowest BCUT2D eigenvalue weighted by Crippen LogP contribution is -2.27. The third-order valence-electron chi connectivity index (χ3n) is 3.18. The monoisotopic (exact) mass is 291 g/mol. The van der Waals surface area contributed by atoms with E-state index in [1.54, 1.807) is 7.11 Å². The molecule has 0 unspecified atom stereocenters. The molecule has 4 heteroatoms. The normalized spacial score (nSPS) is 10.3. The molecule has 0 saturated carbocycles. The molecule has 21 heavy (non-hydrogen) atoms. The fourth-order valence-electron chi connectivity index (χ4n) is 2.03. The summed E-state index contributed by atoms with van der Waals surface area (Å²) in [6.45, 7) is 8.22. The number of rotatable bonds is 8. The Kier molecular flexibility index (Phi) is 8.53. The highest BCUT2D eigenvalue weighted by Gasteiger charge is 2.07. The second-order valence-electron chi connectivity index (χ2n) is 4.56. The molecule has 0 bridgehead atoms. The zero-order valence-electron chi connectivity index (χ0n) is 13.2. The molecule has 0 aliphatic heterocycles. The van der Waals surface area contributed by atoms with Crippen LogP contribution in [0.3, 0.4) is 0 Å². The average molecular weight is 291 g/mol. The van der Waals surface area contributed by atoms with E-state index in [-0.39, 0.29) is 6.61 Å². The molecule has 1 aromatic carbocycles. The zero-order chi connectivity index (χ0) is 15.5. The van der Waals surface area contributed by atoms with Crippen LogP contribution in [0.2, 0.25) is 0 Å². The first-order valence-corrected chi connectivity index (χ1v) is 7.31. The summed E-state index contributed by atoms with van der Waals surface area (Å²) in [5, 5.41) is 8.83. The Hall–Kier alpha value is -1.54. The third-order valence-corrected chi connectivity index (χ3v) is 3.18. The van der Waals surface area contributed by atoms with E-state index < -0.39 is 0 Å². The quantitative estimate of drug-likeness (QED) is 0.587. The summed E-state index contributed by atoms with van der Waals surface area (Å²) >= 11 is 0. The van der Waals surface area contributed by atoms with E-state index in [0.29, 0.717) is 0 Å². The summed E-state index contributed by atoms with van der Waals surface area (Å²) in [6.07, 6.45) is 0. The standard InChI is InChI=1S/C17H25NO3/c1-4-18(10-12-21-5-2)14-15-8-9-17(20-3)16(13-15)7-6-11-19/h8-9,13,19H,4-5,10-12,14H2,1-3H3. The molecule has 0 atom stereocenters. The van der Waals surface area contributed by atoms with Gasteiger partial charge in [-0.25, -0.2) is 0 Å². The molecular formula is C17H25NO3. The molecule has 0 aliphatic rings. The number of likely N-dealkylation sites (N-methyl/N-ethyl adjacent to an activating group) is 1. The average Bonchev–Trinajstić information content (AvgIpc) is 2.52. The fourth-order valence-corrected chi connectivity index (χ4v) is 2.03. The van der Waals surface area contributed by atoms with E-state index in [1.807, 2.05) is 25.1 Å². The summed E-state index contributed by atoms with van der Waals surface area (Å²) in [5.41, 5.74) is 1.99. The van der Waals surface area contributed by atoms with Gasteiger partial charge in [0.1, 0.15) is 12.4 Å². The molecule has 0 radical (unpaired) electrons. The number of nitrogens with zero attached hydrogens (tertiary/aromatic N) is 1. The first-order chi connectivity index (χ1) is 10.2. The van der Waals surface area contributed by atoms with Gasteiger partial charge in [0, 0.05) is 19.7 Å². The molecule has 1 N–H and O–H groups in total. The highest BCUT2D eigenvalue weighted by Crippen LogP contribution is 2.19. The van der Waals surface area contributed by atoms with Crippen molar-refractivity contribution in [3.05, 3.63) is 29.3 Å². The summed E-state index contributed by atoms with van der Waals surface area (Å²) in [4.78, 5) is 2.32. The first-order valence-electron chi connectivity index (χ1n) is 7.31. The third kappa shape index (κ3) is 6.17. The minimum absolute atomic E-state index is 0.150. The van der Waals surface area contributed by atoms with Crippen LogP contribution in [0, 0.1) is 11.8 Å². The second-order valence-corrected chi connectivity index (χ2v) is 4.56. The lowest BCUT2D eigenvalue weighted by atomic mass is 10.1. The number of aliphatic hydroxyl groups excluding tert-OH is 1. The number of hydrogen-bond acceptors (Lipinski definition) is 4. The molecule has 0 saturated heterocycles. The minimum Gasteiger partial charge on any atom is -0.495 e. The van der Waals surface area contributed by atoms with Gasteiger partial charge in [-0.1, -0.05) is 24.8 Å². The van der Waals surface area contributed by atoms with Crippen LogP contribution < -0.4 is 4.74 Å². The maximum Gasteiger partial charge on any atom is 0.134 e. The van der Waals surface area contributed by atoms with E-state index in [1.165, 1.54) is 5.56 Å². The number of aliphatic hydroxyl groups is 1. The molecule has 1 rings (SSSR count). The van der Waals surface area contributed by atoms with E-state index >= 15 is 0 Å². The summed E-state index contributed by atoms with van der Waals surface area (Å²) < 4.78 is 10.7. The van der Waals surface area contributed by atoms with Crippen molar-refractivity contribution < 1.29 is 14.6 Å². The lowest BCUT2D eigenvalue weighted by Gasteiger charge is -2.20. The molecule has 0 heterocycles. The molecule has 0 spiro atoms. The summed E-state index contributed by atoms with van der Waals surface area (Å²) in [5.74, 6) is 6.33. The molecule has 1 aromatic rings. The van der Waals surface area contributed by atoms with Crippen molar-refractivity contribution in [1.82, 2.24) is 4.90 Å². The van der Waals surface area contributed by atoms with Gasteiger partial charge in [0.25, 0.3) is 0 Å². The topological polar surface area (TPSA) is 41.9 Å². The molecular weight excluding hydrogens is 266 g/mol. The Bertz CT molecular complexity index is 477. The van der Waals surface area contributed by atoms with Crippen LogP contribution in [-0.4, -0.2) is 50.0 Å². The highest BCUT2D eigenvalue weighted by atomic mass is 16.5. The van der Waals surface area contributed by atoms with Crippen LogP contribution in [-0.2, 0) is 11.3 Å². The van der Waals surface area contributed by atoms with E-state index in [0.717, 1.165) is 44.2 Å². The number of ether oxygens (including phenoxy) is 2. The summed E-state index contributed by atoms with van der Waals surface area (Å²) in [6, 6.07) is 5.99. The van der Waals surface area contributed by atoms with Gasteiger partial charge in [-0.15, -0.1) is 0 Å². The zero-order valence-corrected chi connectivity index (χ0v) is 13.2. The van der Waals surface area contributed by atoms with Crippen LogP contribution >= 0.6 is 0 Å². The van der Waals surface area contributed by atoms with Crippen LogP contribution in [0.5, 0.6) is 5.75 Å². The van der Waals surface area contributed by atoms with E-state index in [2.05, 4.69) is 23.7 Å². The van der Waals surface area contributed by atoms with Crippen LogP contribution in [0.25, 0.3) is 0 Å². The minimum atomic E-state index is -0.150. The van der Waals surface area contributed by atoms with Gasteiger partial charge in [-0.2, -0.15) is 0 Å². The Morgan fingerprint density at radius 1 is 1.29 bits per heavy atom. The van der Waals surface area contributed by atoms with E-state index in [4.69, 9.17) is 14.6 Å². The Balaban J connectivity index is 2.77. The second kappa shape index (κ2) is 10.2. The molecule has 116 valence electrons. The van der Waals surface area contributed by atoms with Gasteiger partial charge in [0.2, 0.25) is 0 Å².